The van der Waals surface area contributed by atoms with Gasteiger partial charge in [-0.15, -0.1) is 0 Å². The molecule has 1 aliphatic carbocycles. The molecular formula is C13H13BrO. The van der Waals surface area contributed by atoms with Crippen LogP contribution in [0.4, 0.5) is 0 Å². The van der Waals surface area contributed by atoms with E-state index in [0.717, 1.165) is 10.9 Å². The summed E-state index contributed by atoms with van der Waals surface area (Å²) in [4.78, 5) is 11.4. The molecule has 0 saturated heterocycles. The number of carbonyl (C=O) groups is 1. The highest BCUT2D eigenvalue weighted by atomic mass is 79.9. The molecule has 0 radical (unpaired) electrons. The van der Waals surface area contributed by atoms with Crippen LogP contribution in [0.2, 0.25) is 0 Å². The summed E-state index contributed by atoms with van der Waals surface area (Å²) in [6.45, 7) is 2.03. The lowest BCUT2D eigenvalue weighted by molar-refractivity contribution is -0.115. The fourth-order valence-electron chi connectivity index (χ4n) is 2.07. The minimum Gasteiger partial charge on any atom is -0.295 e. The molecule has 0 N–H and O–H groups in total. The molecule has 0 aromatic heterocycles. The molecule has 0 saturated carbocycles. The van der Waals surface area contributed by atoms with Crippen LogP contribution in [0, 0.1) is 0 Å². The van der Waals surface area contributed by atoms with Gasteiger partial charge in [0.05, 0.1) is 0 Å². The van der Waals surface area contributed by atoms with E-state index in [1.807, 2.05) is 19.1 Å². The molecule has 1 nitrogen and oxygen atoms in total. The third-order valence-electron chi connectivity index (χ3n) is 2.76. The van der Waals surface area contributed by atoms with Gasteiger partial charge in [-0.05, 0) is 43.0 Å². The first-order valence-corrected chi connectivity index (χ1v) is 5.90. The lowest BCUT2D eigenvalue weighted by atomic mass is 9.84. The Morgan fingerprint density at radius 3 is 2.47 bits per heavy atom. The zero-order chi connectivity index (χ0) is 10.8. The summed E-state index contributed by atoms with van der Waals surface area (Å²) < 4.78 is 1.08. The molecule has 0 bridgehead atoms. The molecule has 15 heavy (non-hydrogen) atoms. The highest BCUT2D eigenvalue weighted by Crippen LogP contribution is 2.31. The van der Waals surface area contributed by atoms with E-state index in [4.69, 9.17) is 0 Å². The highest BCUT2D eigenvalue weighted by Gasteiger charge is 2.19. The summed E-state index contributed by atoms with van der Waals surface area (Å²) in [5.41, 5.74) is 2.46. The molecule has 78 valence electrons. The van der Waals surface area contributed by atoms with E-state index in [2.05, 4.69) is 28.1 Å². The number of ketones is 1. The number of rotatable bonds is 1. The van der Waals surface area contributed by atoms with E-state index >= 15 is 0 Å². The zero-order valence-corrected chi connectivity index (χ0v) is 10.3. The van der Waals surface area contributed by atoms with Crippen LogP contribution in [-0.2, 0) is 4.79 Å². The van der Waals surface area contributed by atoms with Crippen LogP contribution in [0.15, 0.2) is 40.4 Å². The lowest BCUT2D eigenvalue weighted by Crippen LogP contribution is -2.11. The summed E-state index contributed by atoms with van der Waals surface area (Å²) in [6.07, 6.45) is 3.43. The number of hydrogen-bond acceptors (Lipinski definition) is 1. The van der Waals surface area contributed by atoms with Crippen molar-refractivity contribution in [2.24, 2.45) is 0 Å². The number of benzene rings is 1. The molecule has 0 heterocycles. The first kappa shape index (κ1) is 10.6. The molecule has 2 rings (SSSR count). The largest absolute Gasteiger partial charge is 0.295 e. The van der Waals surface area contributed by atoms with Crippen LogP contribution in [0.25, 0.3) is 0 Å². The Bertz CT molecular complexity index is 403. The topological polar surface area (TPSA) is 17.1 Å². The summed E-state index contributed by atoms with van der Waals surface area (Å²) in [5, 5.41) is 0. The maximum atomic E-state index is 11.4. The Hall–Kier alpha value is -0.890. The van der Waals surface area contributed by atoms with Gasteiger partial charge in [-0.1, -0.05) is 33.6 Å². The molecule has 0 spiro atoms. The number of carbonyl (C=O) groups excluding carboxylic acids is 1. The van der Waals surface area contributed by atoms with Gasteiger partial charge in [-0.3, -0.25) is 4.79 Å². The van der Waals surface area contributed by atoms with Crippen LogP contribution < -0.4 is 0 Å². The van der Waals surface area contributed by atoms with E-state index in [1.54, 1.807) is 6.08 Å². The molecule has 0 aliphatic heterocycles. The van der Waals surface area contributed by atoms with Gasteiger partial charge in [-0.2, -0.15) is 0 Å². The van der Waals surface area contributed by atoms with E-state index < -0.39 is 0 Å². The molecular weight excluding hydrogens is 252 g/mol. The molecule has 0 fully saturated rings. The lowest BCUT2D eigenvalue weighted by Gasteiger charge is -2.20. The maximum Gasteiger partial charge on any atom is 0.156 e. The van der Waals surface area contributed by atoms with Crippen LogP contribution in [0.5, 0.6) is 0 Å². The van der Waals surface area contributed by atoms with Crippen molar-refractivity contribution in [1.82, 2.24) is 0 Å². The van der Waals surface area contributed by atoms with Gasteiger partial charge in [0.15, 0.2) is 5.78 Å². The Labute approximate surface area is 98.3 Å². The van der Waals surface area contributed by atoms with E-state index in [9.17, 15) is 4.79 Å². The van der Waals surface area contributed by atoms with Crippen molar-refractivity contribution >= 4 is 21.7 Å². The van der Waals surface area contributed by atoms with Crippen LogP contribution in [0.1, 0.15) is 31.2 Å². The van der Waals surface area contributed by atoms with Crippen molar-refractivity contribution in [3.8, 4) is 0 Å². The third kappa shape index (κ3) is 2.57. The predicted molar refractivity (Wildman–Crippen MR) is 64.9 cm³/mol. The summed E-state index contributed by atoms with van der Waals surface area (Å²) >= 11 is 3.41. The molecule has 2 heteroatoms. The Kier molecular flexibility index (Phi) is 3.06. The first-order chi connectivity index (χ1) is 7.15. The quantitative estimate of drug-likeness (QED) is 0.753. The van der Waals surface area contributed by atoms with Crippen molar-refractivity contribution in [2.45, 2.75) is 25.7 Å². The summed E-state index contributed by atoms with van der Waals surface area (Å²) in [6, 6.07) is 8.27. The second kappa shape index (κ2) is 4.31. The number of allylic oxidation sites excluding steroid dienone is 2. The molecule has 1 aromatic carbocycles. The Morgan fingerprint density at radius 2 is 1.87 bits per heavy atom. The monoisotopic (exact) mass is 264 g/mol. The van der Waals surface area contributed by atoms with E-state index in [-0.39, 0.29) is 5.78 Å². The van der Waals surface area contributed by atoms with Gasteiger partial charge < -0.3 is 0 Å². The van der Waals surface area contributed by atoms with Crippen molar-refractivity contribution in [3.63, 3.8) is 0 Å². The average molecular weight is 265 g/mol. The fraction of sp³-hybridized carbons (Fsp3) is 0.308. The third-order valence-corrected chi connectivity index (χ3v) is 3.29. The summed E-state index contributed by atoms with van der Waals surface area (Å²) in [5.74, 6) is 0.627. The number of halogens is 1. The molecule has 1 unspecified atom stereocenters. The molecule has 1 aliphatic rings. The molecule has 0 amide bonds. The Morgan fingerprint density at radius 1 is 1.20 bits per heavy atom. The van der Waals surface area contributed by atoms with Crippen molar-refractivity contribution in [3.05, 3.63) is 46.0 Å². The van der Waals surface area contributed by atoms with Gasteiger partial charge >= 0.3 is 0 Å². The average Bonchev–Trinajstić information content (AvgIpc) is 2.17. The second-order valence-corrected chi connectivity index (χ2v) is 5.03. The summed E-state index contributed by atoms with van der Waals surface area (Å²) in [7, 11) is 0. The normalized spacial score (nSPS) is 21.3. The van der Waals surface area contributed by atoms with Crippen molar-refractivity contribution in [1.29, 1.82) is 0 Å². The van der Waals surface area contributed by atoms with Crippen LogP contribution in [-0.4, -0.2) is 5.78 Å². The van der Waals surface area contributed by atoms with Gasteiger partial charge in [0.1, 0.15) is 0 Å². The zero-order valence-electron chi connectivity index (χ0n) is 8.66. The SMILES string of the molecule is CC1=CC(=O)CC(c2ccc(Br)cc2)C1. The Balaban J connectivity index is 2.22. The van der Waals surface area contributed by atoms with Gasteiger partial charge in [-0.25, -0.2) is 0 Å². The first-order valence-electron chi connectivity index (χ1n) is 5.10. The minimum atomic E-state index is 0.256. The maximum absolute atomic E-state index is 11.4. The van der Waals surface area contributed by atoms with Crippen molar-refractivity contribution < 1.29 is 4.79 Å². The minimum absolute atomic E-state index is 0.256. The van der Waals surface area contributed by atoms with Gasteiger partial charge in [0.25, 0.3) is 0 Å². The van der Waals surface area contributed by atoms with Crippen molar-refractivity contribution in [2.75, 3.05) is 0 Å². The van der Waals surface area contributed by atoms with Crippen LogP contribution >= 0.6 is 15.9 Å². The standard InChI is InChI=1S/C13H13BrO/c1-9-6-11(8-13(15)7-9)10-2-4-12(14)5-3-10/h2-5,7,11H,6,8H2,1H3. The van der Waals surface area contributed by atoms with E-state index in [1.165, 1.54) is 11.1 Å². The van der Waals surface area contributed by atoms with E-state index in [0.29, 0.717) is 12.3 Å². The highest BCUT2D eigenvalue weighted by molar-refractivity contribution is 9.10. The number of hydrogen-bond donors (Lipinski definition) is 0. The smallest absolute Gasteiger partial charge is 0.156 e. The van der Waals surface area contributed by atoms with Gasteiger partial charge in [0.2, 0.25) is 0 Å². The molecule has 1 atom stereocenters. The molecule has 1 aromatic rings. The van der Waals surface area contributed by atoms with Gasteiger partial charge in [0, 0.05) is 10.9 Å². The van der Waals surface area contributed by atoms with Crippen LogP contribution in [0.3, 0.4) is 0 Å². The predicted octanol–water partition coefficient (Wildman–Crippen LogP) is 3.84. The fourth-order valence-corrected chi connectivity index (χ4v) is 2.33. The second-order valence-electron chi connectivity index (χ2n) is 4.11.